The standard InChI is InChI=1S/C17H19N5O2/c1-11-4-3-5-13(19-11)17(24)21-7-6-14-15(21)8-16(23)22(14)12-9-18-20(2)10-12/h3-5,9-10,14-15H,6-8H2,1-2H3/t14-,15+/m1/s1. The Kier molecular flexibility index (Phi) is 3.37. The first-order valence-electron chi connectivity index (χ1n) is 8.10. The Morgan fingerprint density at radius 3 is 2.83 bits per heavy atom. The number of carbonyl (C=O) groups is 2. The lowest BCUT2D eigenvalue weighted by Gasteiger charge is -2.24. The number of likely N-dealkylation sites (tertiary alicyclic amines) is 1. The topological polar surface area (TPSA) is 71.3 Å². The Morgan fingerprint density at radius 2 is 2.12 bits per heavy atom. The van der Waals surface area contributed by atoms with Gasteiger partial charge in [-0.3, -0.25) is 14.3 Å². The highest BCUT2D eigenvalue weighted by Crippen LogP contribution is 2.36. The molecule has 0 N–H and O–H groups in total. The smallest absolute Gasteiger partial charge is 0.272 e. The summed E-state index contributed by atoms with van der Waals surface area (Å²) < 4.78 is 1.68. The summed E-state index contributed by atoms with van der Waals surface area (Å²) in [4.78, 5) is 33.2. The molecule has 124 valence electrons. The molecule has 2 saturated heterocycles. The molecule has 0 spiro atoms. The molecule has 2 atom stereocenters. The Morgan fingerprint density at radius 1 is 1.29 bits per heavy atom. The Labute approximate surface area is 139 Å². The summed E-state index contributed by atoms with van der Waals surface area (Å²) in [6.07, 6.45) is 4.68. The van der Waals surface area contributed by atoms with Crippen molar-refractivity contribution in [3.63, 3.8) is 0 Å². The van der Waals surface area contributed by atoms with Crippen molar-refractivity contribution in [2.75, 3.05) is 11.4 Å². The number of hydrogen-bond donors (Lipinski definition) is 0. The van der Waals surface area contributed by atoms with Gasteiger partial charge >= 0.3 is 0 Å². The molecule has 2 fully saturated rings. The van der Waals surface area contributed by atoms with Crippen LogP contribution >= 0.6 is 0 Å². The molecule has 0 bridgehead atoms. The van der Waals surface area contributed by atoms with Gasteiger partial charge in [-0.2, -0.15) is 5.10 Å². The van der Waals surface area contributed by atoms with E-state index in [9.17, 15) is 9.59 Å². The third-order valence-corrected chi connectivity index (χ3v) is 4.83. The van der Waals surface area contributed by atoms with Crippen molar-refractivity contribution in [2.45, 2.75) is 31.8 Å². The van der Waals surface area contributed by atoms with Gasteiger partial charge < -0.3 is 9.80 Å². The fourth-order valence-electron chi connectivity index (χ4n) is 3.78. The molecular formula is C17H19N5O2. The molecule has 0 radical (unpaired) electrons. The van der Waals surface area contributed by atoms with E-state index in [-0.39, 0.29) is 23.9 Å². The molecule has 7 nitrogen and oxygen atoms in total. The third kappa shape index (κ3) is 2.28. The fourth-order valence-corrected chi connectivity index (χ4v) is 3.78. The van der Waals surface area contributed by atoms with Crippen LogP contribution in [0.5, 0.6) is 0 Å². The first kappa shape index (κ1) is 14.9. The van der Waals surface area contributed by atoms with Crippen LogP contribution < -0.4 is 4.90 Å². The highest BCUT2D eigenvalue weighted by atomic mass is 16.2. The molecule has 0 saturated carbocycles. The summed E-state index contributed by atoms with van der Waals surface area (Å²) in [5, 5.41) is 4.15. The SMILES string of the molecule is Cc1cccc(C(=O)N2CC[C@@H]3[C@@H]2CC(=O)N3c2cnn(C)c2)n1. The van der Waals surface area contributed by atoms with E-state index in [1.54, 1.807) is 26.7 Å². The van der Waals surface area contributed by atoms with Gasteiger partial charge in [-0.1, -0.05) is 6.07 Å². The first-order valence-corrected chi connectivity index (χ1v) is 8.10. The number of hydrogen-bond acceptors (Lipinski definition) is 4. The summed E-state index contributed by atoms with van der Waals surface area (Å²) in [7, 11) is 1.83. The maximum Gasteiger partial charge on any atom is 0.272 e. The maximum absolute atomic E-state index is 12.8. The van der Waals surface area contributed by atoms with Crippen molar-refractivity contribution in [1.29, 1.82) is 0 Å². The van der Waals surface area contributed by atoms with E-state index < -0.39 is 0 Å². The molecule has 0 aromatic carbocycles. The lowest BCUT2D eigenvalue weighted by Crippen LogP contribution is -2.40. The number of pyridine rings is 1. The average Bonchev–Trinajstić information content (AvgIpc) is 3.21. The minimum absolute atomic E-state index is 0.0236. The molecule has 2 aliphatic rings. The summed E-state index contributed by atoms with van der Waals surface area (Å²) in [5.41, 5.74) is 2.07. The van der Waals surface area contributed by atoms with Crippen molar-refractivity contribution in [3.8, 4) is 0 Å². The second kappa shape index (κ2) is 5.43. The van der Waals surface area contributed by atoms with Gasteiger partial charge in [-0.05, 0) is 25.5 Å². The number of aromatic nitrogens is 3. The summed E-state index contributed by atoms with van der Waals surface area (Å²) in [5.74, 6) is -0.0419. The van der Waals surface area contributed by atoms with E-state index >= 15 is 0 Å². The molecule has 0 unspecified atom stereocenters. The van der Waals surface area contributed by atoms with Gasteiger partial charge in [-0.15, -0.1) is 0 Å². The van der Waals surface area contributed by atoms with Gasteiger partial charge in [-0.25, -0.2) is 4.98 Å². The van der Waals surface area contributed by atoms with Crippen LogP contribution in [0.3, 0.4) is 0 Å². The molecule has 24 heavy (non-hydrogen) atoms. The average molecular weight is 325 g/mol. The molecule has 4 heterocycles. The number of fused-ring (bicyclic) bond motifs is 1. The molecule has 4 rings (SSSR count). The largest absolute Gasteiger partial charge is 0.332 e. The normalized spacial score (nSPS) is 23.0. The number of rotatable bonds is 2. The van der Waals surface area contributed by atoms with Crippen LogP contribution in [0.4, 0.5) is 5.69 Å². The summed E-state index contributed by atoms with van der Waals surface area (Å²) >= 11 is 0. The number of aryl methyl sites for hydroxylation is 2. The van der Waals surface area contributed by atoms with Crippen molar-refractivity contribution < 1.29 is 9.59 Å². The van der Waals surface area contributed by atoms with Crippen LogP contribution in [0.15, 0.2) is 30.6 Å². The molecule has 7 heteroatoms. The van der Waals surface area contributed by atoms with Gasteiger partial charge in [0.1, 0.15) is 5.69 Å². The lowest BCUT2D eigenvalue weighted by molar-refractivity contribution is -0.117. The number of carbonyl (C=O) groups excluding carboxylic acids is 2. The van der Waals surface area contributed by atoms with Crippen molar-refractivity contribution >= 4 is 17.5 Å². The zero-order valence-electron chi connectivity index (χ0n) is 13.7. The van der Waals surface area contributed by atoms with Gasteiger partial charge in [0.2, 0.25) is 5.91 Å². The van der Waals surface area contributed by atoms with E-state index in [1.165, 1.54) is 0 Å². The highest BCUT2D eigenvalue weighted by molar-refractivity contribution is 5.99. The van der Waals surface area contributed by atoms with Crippen molar-refractivity contribution in [1.82, 2.24) is 19.7 Å². The second-order valence-corrected chi connectivity index (χ2v) is 6.43. The van der Waals surface area contributed by atoms with Crippen LogP contribution in [0.2, 0.25) is 0 Å². The quantitative estimate of drug-likeness (QED) is 0.830. The molecule has 2 aromatic rings. The van der Waals surface area contributed by atoms with Crippen LogP contribution in [-0.2, 0) is 11.8 Å². The minimum Gasteiger partial charge on any atom is -0.332 e. The highest BCUT2D eigenvalue weighted by Gasteiger charge is 2.49. The van der Waals surface area contributed by atoms with Crippen LogP contribution in [0, 0.1) is 6.92 Å². The van der Waals surface area contributed by atoms with Crippen LogP contribution in [0.1, 0.15) is 29.0 Å². The Bertz CT molecular complexity index is 815. The van der Waals surface area contributed by atoms with E-state index in [4.69, 9.17) is 0 Å². The van der Waals surface area contributed by atoms with Crippen molar-refractivity contribution in [3.05, 3.63) is 42.0 Å². The minimum atomic E-state index is -0.0907. The van der Waals surface area contributed by atoms with Gasteiger partial charge in [0, 0.05) is 31.9 Å². The molecule has 2 aliphatic heterocycles. The van der Waals surface area contributed by atoms with E-state index in [0.29, 0.717) is 18.7 Å². The predicted molar refractivity (Wildman–Crippen MR) is 87.5 cm³/mol. The fraction of sp³-hybridized carbons (Fsp3) is 0.412. The van der Waals surface area contributed by atoms with E-state index in [2.05, 4.69) is 10.1 Å². The number of anilines is 1. The van der Waals surface area contributed by atoms with E-state index in [1.807, 2.05) is 32.3 Å². The van der Waals surface area contributed by atoms with Crippen LogP contribution in [-0.4, -0.2) is 50.1 Å². The predicted octanol–water partition coefficient (Wildman–Crippen LogP) is 1.14. The monoisotopic (exact) mass is 325 g/mol. The maximum atomic E-state index is 12.8. The van der Waals surface area contributed by atoms with Gasteiger partial charge in [0.25, 0.3) is 5.91 Å². The molecular weight excluding hydrogens is 306 g/mol. The Balaban J connectivity index is 1.60. The summed E-state index contributed by atoms with van der Waals surface area (Å²) in [6.45, 7) is 2.51. The lowest BCUT2D eigenvalue weighted by atomic mass is 10.1. The zero-order chi connectivity index (χ0) is 16.8. The Hall–Kier alpha value is -2.70. The van der Waals surface area contributed by atoms with Gasteiger partial charge in [0.15, 0.2) is 0 Å². The van der Waals surface area contributed by atoms with Crippen LogP contribution in [0.25, 0.3) is 0 Å². The second-order valence-electron chi connectivity index (χ2n) is 6.43. The summed E-state index contributed by atoms with van der Waals surface area (Å²) in [6, 6.07) is 5.37. The molecule has 2 amide bonds. The molecule has 0 aliphatic carbocycles. The first-order chi connectivity index (χ1) is 11.5. The third-order valence-electron chi connectivity index (χ3n) is 4.83. The van der Waals surface area contributed by atoms with Crippen molar-refractivity contribution in [2.24, 2.45) is 7.05 Å². The zero-order valence-corrected chi connectivity index (χ0v) is 13.7. The van der Waals surface area contributed by atoms with E-state index in [0.717, 1.165) is 17.8 Å². The number of nitrogens with zero attached hydrogens (tertiary/aromatic N) is 5. The van der Waals surface area contributed by atoms with Gasteiger partial charge in [0.05, 0.1) is 24.0 Å². The number of amides is 2. The molecule has 2 aromatic heterocycles.